The van der Waals surface area contributed by atoms with Crippen molar-refractivity contribution < 1.29 is 0 Å². The van der Waals surface area contributed by atoms with E-state index < -0.39 is 0 Å². The number of allylic oxidation sites excluding steroid dienone is 2. The monoisotopic (exact) mass is 433 g/mol. The largest absolute Gasteiger partial charge is 0.377 e. The first-order valence-corrected chi connectivity index (χ1v) is 12.3. The molecule has 168 valence electrons. The normalized spacial score (nSPS) is 13.9. The predicted molar refractivity (Wildman–Crippen MR) is 147 cm³/mol. The first-order valence-electron chi connectivity index (χ1n) is 12.3. The molecule has 1 nitrogen and oxygen atoms in total. The average Bonchev–Trinajstić information content (AvgIpc) is 2.83. The van der Waals surface area contributed by atoms with Gasteiger partial charge in [0.2, 0.25) is 0 Å². The molecule has 0 bridgehead atoms. The molecule has 1 aliphatic heterocycles. The minimum atomic E-state index is 0.154. The Hall–Kier alpha value is -3.00. The third-order valence-corrected chi connectivity index (χ3v) is 6.74. The van der Waals surface area contributed by atoms with Crippen LogP contribution < -0.4 is 10.3 Å². The van der Waals surface area contributed by atoms with Gasteiger partial charge in [-0.25, -0.2) is 0 Å². The van der Waals surface area contributed by atoms with Gasteiger partial charge in [-0.1, -0.05) is 120 Å². The number of anilines is 1. The van der Waals surface area contributed by atoms with Gasteiger partial charge in [-0.05, 0) is 58.2 Å². The van der Waals surface area contributed by atoms with Crippen molar-refractivity contribution in [1.82, 2.24) is 0 Å². The topological polar surface area (TPSA) is 3.24 Å². The lowest BCUT2D eigenvalue weighted by atomic mass is 9.52. The van der Waals surface area contributed by atoms with E-state index in [9.17, 15) is 0 Å². The molecular weight excluding hydrogens is 397 g/mol. The van der Waals surface area contributed by atoms with E-state index in [4.69, 9.17) is 0 Å². The zero-order valence-corrected chi connectivity index (χ0v) is 20.9. The van der Waals surface area contributed by atoms with Crippen LogP contribution in [0.3, 0.4) is 0 Å². The third kappa shape index (κ3) is 5.01. The highest BCUT2D eigenvalue weighted by molar-refractivity contribution is 6.83. The zero-order chi connectivity index (χ0) is 23.5. The van der Waals surface area contributed by atoms with Gasteiger partial charge < -0.3 is 4.81 Å². The Morgan fingerprint density at radius 3 is 1.52 bits per heavy atom. The molecule has 1 aliphatic rings. The van der Waals surface area contributed by atoms with Crippen LogP contribution in [0.1, 0.15) is 81.5 Å². The summed E-state index contributed by atoms with van der Waals surface area (Å²) >= 11 is 0. The van der Waals surface area contributed by atoms with Crippen LogP contribution in [0.5, 0.6) is 0 Å². The highest BCUT2D eigenvalue weighted by atomic mass is 15.1. The van der Waals surface area contributed by atoms with Gasteiger partial charge in [0.15, 0.2) is 0 Å². The number of nitrogens with zero attached hydrogens (tertiary/aromatic N) is 1. The average molecular weight is 433 g/mol. The maximum Gasteiger partial charge on any atom is 0.320 e. The molecular formula is C31H36BN. The summed E-state index contributed by atoms with van der Waals surface area (Å²) in [7, 11) is 0. The fourth-order valence-electron chi connectivity index (χ4n) is 4.50. The van der Waals surface area contributed by atoms with E-state index in [2.05, 4.69) is 137 Å². The number of benzene rings is 3. The SMILES string of the molecule is CC(C)c1ccc(B2C=CC=C(c3ccc(C(C)C)cc3)N2c2ccc(C(C)C)cc2)cc1. The molecule has 0 saturated carbocycles. The molecule has 0 radical (unpaired) electrons. The Morgan fingerprint density at radius 1 is 0.576 bits per heavy atom. The predicted octanol–water partition coefficient (Wildman–Crippen LogP) is 7.91. The van der Waals surface area contributed by atoms with Crippen molar-refractivity contribution in [3.63, 3.8) is 0 Å². The summed E-state index contributed by atoms with van der Waals surface area (Å²) in [5.41, 5.74) is 9.15. The summed E-state index contributed by atoms with van der Waals surface area (Å²) in [4.78, 5) is 2.48. The van der Waals surface area contributed by atoms with Crippen molar-refractivity contribution in [2.24, 2.45) is 0 Å². The summed E-state index contributed by atoms with van der Waals surface area (Å²) in [5.74, 6) is 3.91. The second-order valence-corrected chi connectivity index (χ2v) is 10.1. The van der Waals surface area contributed by atoms with Gasteiger partial charge in [-0.2, -0.15) is 0 Å². The fourth-order valence-corrected chi connectivity index (χ4v) is 4.50. The standard InChI is InChI=1S/C31H36BN/c1-22(2)25-9-11-28(12-10-25)31-8-7-21-32(29-17-13-26(14-18-29)23(3)4)33(31)30-19-15-27(16-20-30)24(5)6/h7-24H,1-6H3. The second-order valence-electron chi connectivity index (χ2n) is 10.1. The molecule has 1 heterocycles. The van der Waals surface area contributed by atoms with E-state index in [1.54, 1.807) is 0 Å². The van der Waals surface area contributed by atoms with E-state index in [-0.39, 0.29) is 6.85 Å². The summed E-state index contributed by atoms with van der Waals surface area (Å²) in [5, 5.41) is 0. The Kier molecular flexibility index (Phi) is 6.93. The van der Waals surface area contributed by atoms with Crippen LogP contribution in [0.2, 0.25) is 0 Å². The van der Waals surface area contributed by atoms with Gasteiger partial charge in [0.25, 0.3) is 0 Å². The summed E-state index contributed by atoms with van der Waals surface area (Å²) in [6.45, 7) is 13.6. The molecule has 0 atom stereocenters. The van der Waals surface area contributed by atoms with E-state index in [0.29, 0.717) is 17.8 Å². The lowest BCUT2D eigenvalue weighted by molar-refractivity contribution is 0.866. The minimum Gasteiger partial charge on any atom is -0.377 e. The summed E-state index contributed by atoms with van der Waals surface area (Å²) in [6, 6.07) is 27.3. The third-order valence-electron chi connectivity index (χ3n) is 6.74. The molecule has 3 aromatic carbocycles. The molecule has 0 unspecified atom stereocenters. The molecule has 0 saturated heterocycles. The molecule has 0 aliphatic carbocycles. The lowest BCUT2D eigenvalue weighted by Crippen LogP contribution is -2.47. The van der Waals surface area contributed by atoms with Crippen LogP contribution >= 0.6 is 0 Å². The van der Waals surface area contributed by atoms with E-state index in [1.807, 2.05) is 0 Å². The maximum absolute atomic E-state index is 2.48. The molecule has 0 fully saturated rings. The Bertz CT molecular complexity index is 1120. The molecule has 2 heteroatoms. The van der Waals surface area contributed by atoms with Crippen molar-refractivity contribution in [3.05, 3.63) is 113 Å². The van der Waals surface area contributed by atoms with Crippen molar-refractivity contribution >= 4 is 23.7 Å². The highest BCUT2D eigenvalue weighted by Gasteiger charge is 2.29. The Morgan fingerprint density at radius 2 is 1.03 bits per heavy atom. The minimum absolute atomic E-state index is 0.154. The number of hydrogen-bond donors (Lipinski definition) is 0. The van der Waals surface area contributed by atoms with Crippen molar-refractivity contribution in [1.29, 1.82) is 0 Å². The van der Waals surface area contributed by atoms with Crippen molar-refractivity contribution in [2.45, 2.75) is 59.3 Å². The van der Waals surface area contributed by atoms with Gasteiger partial charge >= 0.3 is 6.85 Å². The molecule has 0 aromatic heterocycles. The molecule has 0 spiro atoms. The first kappa shape index (κ1) is 23.2. The Labute approximate surface area is 201 Å². The smallest absolute Gasteiger partial charge is 0.320 e. The van der Waals surface area contributed by atoms with Gasteiger partial charge in [0.05, 0.1) is 0 Å². The molecule has 4 rings (SSSR count). The van der Waals surface area contributed by atoms with Crippen LogP contribution in [0.4, 0.5) is 5.69 Å². The lowest BCUT2D eigenvalue weighted by Gasteiger charge is -2.35. The van der Waals surface area contributed by atoms with Crippen molar-refractivity contribution in [3.8, 4) is 0 Å². The summed E-state index contributed by atoms with van der Waals surface area (Å²) < 4.78 is 0. The van der Waals surface area contributed by atoms with E-state index in [0.717, 1.165) is 0 Å². The van der Waals surface area contributed by atoms with Gasteiger partial charge in [-0.3, -0.25) is 0 Å². The zero-order valence-electron chi connectivity index (χ0n) is 20.9. The van der Waals surface area contributed by atoms with Gasteiger partial charge in [0.1, 0.15) is 0 Å². The van der Waals surface area contributed by atoms with Crippen LogP contribution in [0, 0.1) is 0 Å². The fraction of sp³-hybridized carbons (Fsp3) is 0.290. The first-order chi connectivity index (χ1) is 15.8. The van der Waals surface area contributed by atoms with Gasteiger partial charge in [-0.15, -0.1) is 0 Å². The molecule has 33 heavy (non-hydrogen) atoms. The van der Waals surface area contributed by atoms with Crippen LogP contribution in [0.25, 0.3) is 5.70 Å². The maximum atomic E-state index is 2.48. The van der Waals surface area contributed by atoms with E-state index in [1.165, 1.54) is 39.1 Å². The van der Waals surface area contributed by atoms with Crippen molar-refractivity contribution in [2.75, 3.05) is 4.81 Å². The van der Waals surface area contributed by atoms with Gasteiger partial charge in [0, 0.05) is 11.4 Å². The molecule has 0 N–H and O–H groups in total. The Balaban J connectivity index is 1.77. The summed E-state index contributed by atoms with van der Waals surface area (Å²) in [6.07, 6.45) is 4.46. The molecule has 0 amide bonds. The molecule has 3 aromatic rings. The quantitative estimate of drug-likeness (QED) is 0.357. The van der Waals surface area contributed by atoms with Crippen LogP contribution in [-0.4, -0.2) is 6.85 Å². The number of rotatable bonds is 6. The highest BCUT2D eigenvalue weighted by Crippen LogP contribution is 2.32. The second kappa shape index (κ2) is 9.87. The number of hydrogen-bond acceptors (Lipinski definition) is 1. The van der Waals surface area contributed by atoms with Crippen LogP contribution in [-0.2, 0) is 0 Å². The van der Waals surface area contributed by atoms with Crippen LogP contribution in [0.15, 0.2) is 90.9 Å². The van der Waals surface area contributed by atoms with E-state index >= 15 is 0 Å².